The summed E-state index contributed by atoms with van der Waals surface area (Å²) < 4.78 is 10.7. The Morgan fingerprint density at radius 1 is 0.941 bits per heavy atom. The van der Waals surface area contributed by atoms with Crippen molar-refractivity contribution in [3.8, 4) is 11.5 Å². The molecular formula is C25H33N5O4. The first-order chi connectivity index (χ1) is 16.4. The molecule has 2 amide bonds. The van der Waals surface area contributed by atoms with Crippen LogP contribution in [0.25, 0.3) is 0 Å². The van der Waals surface area contributed by atoms with Crippen molar-refractivity contribution >= 4 is 17.5 Å². The van der Waals surface area contributed by atoms with E-state index in [4.69, 9.17) is 9.47 Å². The van der Waals surface area contributed by atoms with Crippen LogP contribution in [0.5, 0.6) is 11.5 Å². The minimum atomic E-state index is -0.655. The first-order valence-corrected chi connectivity index (χ1v) is 11.5. The average Bonchev–Trinajstić information content (AvgIpc) is 3.32. The summed E-state index contributed by atoms with van der Waals surface area (Å²) in [6.45, 7) is 4.54. The number of nitrogens with zero attached hydrogens (tertiary/aromatic N) is 3. The van der Waals surface area contributed by atoms with E-state index in [0.717, 1.165) is 43.0 Å². The highest BCUT2D eigenvalue weighted by Gasteiger charge is 2.25. The number of hydrogen-bond acceptors (Lipinski definition) is 7. The second-order valence-corrected chi connectivity index (χ2v) is 8.92. The quantitative estimate of drug-likeness (QED) is 0.592. The molecule has 2 aliphatic heterocycles. The second kappa shape index (κ2) is 10.8. The number of amides is 2. The summed E-state index contributed by atoms with van der Waals surface area (Å²) >= 11 is 0. The lowest BCUT2D eigenvalue weighted by Crippen LogP contribution is -2.49. The summed E-state index contributed by atoms with van der Waals surface area (Å²) in [6.07, 6.45) is 0. The summed E-state index contributed by atoms with van der Waals surface area (Å²) in [4.78, 5) is 31.7. The first kappa shape index (κ1) is 23.8. The van der Waals surface area contributed by atoms with Crippen molar-refractivity contribution in [1.29, 1.82) is 0 Å². The number of hydrogen-bond donors (Lipinski definition) is 2. The van der Waals surface area contributed by atoms with E-state index < -0.39 is 11.8 Å². The number of anilines is 1. The number of carbonyl (C=O) groups is 2. The lowest BCUT2D eigenvalue weighted by Gasteiger charge is -2.38. The number of likely N-dealkylation sites (N-methyl/N-ethyl adjacent to an activating group) is 1. The number of benzene rings is 2. The molecule has 1 saturated heterocycles. The zero-order valence-corrected chi connectivity index (χ0v) is 20.0. The number of rotatable bonds is 7. The third-order valence-electron chi connectivity index (χ3n) is 6.33. The minimum Gasteiger partial charge on any atom is -0.454 e. The van der Waals surface area contributed by atoms with E-state index >= 15 is 0 Å². The topological polar surface area (TPSA) is 86.4 Å². The SMILES string of the molecule is CN1CCN(C(CNC(=O)C(=O)NCc2ccc3c(c2)OCO3)c2ccc(N(C)C)cc2)CC1. The highest BCUT2D eigenvalue weighted by molar-refractivity contribution is 6.35. The summed E-state index contributed by atoms with van der Waals surface area (Å²) in [6, 6.07) is 13.8. The molecular weight excluding hydrogens is 434 g/mol. The Balaban J connectivity index is 1.35. The normalized spacial score (nSPS) is 16.7. The summed E-state index contributed by atoms with van der Waals surface area (Å²) in [5.74, 6) is 0.0374. The number of fused-ring (bicyclic) bond motifs is 1. The Kier molecular flexibility index (Phi) is 7.54. The molecule has 34 heavy (non-hydrogen) atoms. The largest absolute Gasteiger partial charge is 0.454 e. The van der Waals surface area contributed by atoms with Gasteiger partial charge < -0.3 is 29.9 Å². The molecule has 0 aliphatic carbocycles. The van der Waals surface area contributed by atoms with Gasteiger partial charge in [0.15, 0.2) is 11.5 Å². The van der Waals surface area contributed by atoms with Crippen LogP contribution in [-0.4, -0.2) is 82.3 Å². The van der Waals surface area contributed by atoms with E-state index in [1.54, 1.807) is 12.1 Å². The standard InChI is InChI=1S/C25H33N5O4/c1-28(2)20-7-5-19(6-8-20)21(30-12-10-29(3)11-13-30)16-27-25(32)24(31)26-15-18-4-9-22-23(14-18)34-17-33-22/h4-9,14,21H,10-13,15-17H2,1-3H3,(H,26,31)(H,27,32). The predicted molar refractivity (Wildman–Crippen MR) is 130 cm³/mol. The lowest BCUT2D eigenvalue weighted by molar-refractivity contribution is -0.139. The third kappa shape index (κ3) is 5.78. The minimum absolute atomic E-state index is 0.00415. The molecule has 2 N–H and O–H groups in total. The van der Waals surface area contributed by atoms with Gasteiger partial charge >= 0.3 is 11.8 Å². The van der Waals surface area contributed by atoms with Gasteiger partial charge in [-0.2, -0.15) is 0 Å². The Morgan fingerprint density at radius 2 is 1.62 bits per heavy atom. The van der Waals surface area contributed by atoms with Crippen molar-refractivity contribution in [3.05, 3.63) is 53.6 Å². The van der Waals surface area contributed by atoms with Gasteiger partial charge in [-0.15, -0.1) is 0 Å². The van der Waals surface area contributed by atoms with Gasteiger partial charge in [-0.1, -0.05) is 18.2 Å². The average molecular weight is 468 g/mol. The third-order valence-corrected chi connectivity index (χ3v) is 6.33. The fourth-order valence-electron chi connectivity index (χ4n) is 4.17. The van der Waals surface area contributed by atoms with Gasteiger partial charge in [0.2, 0.25) is 6.79 Å². The van der Waals surface area contributed by atoms with Gasteiger partial charge in [-0.05, 0) is 42.4 Å². The fourth-order valence-corrected chi connectivity index (χ4v) is 4.17. The van der Waals surface area contributed by atoms with Gasteiger partial charge in [0.05, 0.1) is 6.04 Å². The van der Waals surface area contributed by atoms with E-state index in [9.17, 15) is 9.59 Å². The zero-order chi connectivity index (χ0) is 24.1. The van der Waals surface area contributed by atoms with Crippen LogP contribution in [0.4, 0.5) is 5.69 Å². The lowest BCUT2D eigenvalue weighted by atomic mass is 10.0. The van der Waals surface area contributed by atoms with Crippen molar-refractivity contribution in [1.82, 2.24) is 20.4 Å². The Bertz CT molecular complexity index is 1000. The molecule has 0 spiro atoms. The molecule has 0 aromatic heterocycles. The van der Waals surface area contributed by atoms with Crippen LogP contribution in [0.3, 0.4) is 0 Å². The molecule has 4 rings (SSSR count). The van der Waals surface area contributed by atoms with Gasteiger partial charge in [0.25, 0.3) is 0 Å². The summed E-state index contributed by atoms with van der Waals surface area (Å²) in [7, 11) is 6.13. The Morgan fingerprint density at radius 3 is 2.32 bits per heavy atom. The monoisotopic (exact) mass is 467 g/mol. The molecule has 2 aromatic carbocycles. The number of carbonyl (C=O) groups excluding carboxylic acids is 2. The molecule has 9 nitrogen and oxygen atoms in total. The highest BCUT2D eigenvalue weighted by Crippen LogP contribution is 2.32. The number of piperazine rings is 1. The molecule has 2 heterocycles. The van der Waals surface area contributed by atoms with Gasteiger partial charge in [0, 0.05) is 59.1 Å². The smallest absolute Gasteiger partial charge is 0.309 e. The maximum atomic E-state index is 12.6. The Hall–Kier alpha value is -3.30. The summed E-state index contributed by atoms with van der Waals surface area (Å²) in [5, 5.41) is 5.53. The molecule has 2 aliphatic rings. The molecule has 2 aromatic rings. The predicted octanol–water partition coefficient (Wildman–Crippen LogP) is 1.20. The van der Waals surface area contributed by atoms with Crippen LogP contribution in [-0.2, 0) is 16.1 Å². The number of nitrogens with one attached hydrogen (secondary N) is 2. The van der Waals surface area contributed by atoms with Crippen LogP contribution in [0.1, 0.15) is 17.2 Å². The molecule has 0 bridgehead atoms. The van der Waals surface area contributed by atoms with Crippen molar-refractivity contribution in [2.24, 2.45) is 0 Å². The summed E-state index contributed by atoms with van der Waals surface area (Å²) in [5.41, 5.74) is 3.07. The van der Waals surface area contributed by atoms with Gasteiger partial charge in [-0.25, -0.2) is 0 Å². The van der Waals surface area contributed by atoms with Crippen molar-refractivity contribution in [2.45, 2.75) is 12.6 Å². The van der Waals surface area contributed by atoms with E-state index in [2.05, 4.69) is 56.6 Å². The molecule has 1 atom stereocenters. The van der Waals surface area contributed by atoms with Crippen LogP contribution in [0.15, 0.2) is 42.5 Å². The van der Waals surface area contributed by atoms with Crippen molar-refractivity contribution in [2.75, 3.05) is 65.6 Å². The van der Waals surface area contributed by atoms with E-state index in [1.807, 2.05) is 20.2 Å². The first-order valence-electron chi connectivity index (χ1n) is 11.5. The Labute approximate surface area is 200 Å². The zero-order valence-electron chi connectivity index (χ0n) is 20.0. The second-order valence-electron chi connectivity index (χ2n) is 8.92. The molecule has 1 fully saturated rings. The van der Waals surface area contributed by atoms with Crippen molar-refractivity contribution < 1.29 is 19.1 Å². The highest BCUT2D eigenvalue weighted by atomic mass is 16.7. The van der Waals surface area contributed by atoms with E-state index in [0.29, 0.717) is 18.0 Å². The van der Waals surface area contributed by atoms with Crippen LogP contribution in [0.2, 0.25) is 0 Å². The number of ether oxygens (including phenoxy) is 2. The molecule has 1 unspecified atom stereocenters. The van der Waals surface area contributed by atoms with Crippen LogP contribution >= 0.6 is 0 Å². The van der Waals surface area contributed by atoms with Crippen LogP contribution in [0, 0.1) is 0 Å². The van der Waals surface area contributed by atoms with Crippen LogP contribution < -0.4 is 25.0 Å². The van der Waals surface area contributed by atoms with E-state index in [1.165, 1.54) is 0 Å². The molecule has 9 heteroatoms. The van der Waals surface area contributed by atoms with Crippen molar-refractivity contribution in [3.63, 3.8) is 0 Å². The maximum absolute atomic E-state index is 12.6. The fraction of sp³-hybridized carbons (Fsp3) is 0.440. The molecule has 0 radical (unpaired) electrons. The molecule has 182 valence electrons. The van der Waals surface area contributed by atoms with Gasteiger partial charge in [-0.3, -0.25) is 14.5 Å². The van der Waals surface area contributed by atoms with E-state index in [-0.39, 0.29) is 19.4 Å². The van der Waals surface area contributed by atoms with Gasteiger partial charge in [0.1, 0.15) is 0 Å². The molecule has 0 saturated carbocycles. The maximum Gasteiger partial charge on any atom is 0.309 e.